The van der Waals surface area contributed by atoms with Crippen molar-refractivity contribution in [3.8, 4) is 22.3 Å². The Kier molecular flexibility index (Phi) is 18.5. The second-order valence-corrected chi connectivity index (χ2v) is 20.1. The summed E-state index contributed by atoms with van der Waals surface area (Å²) in [4.78, 5) is 63.2. The molecule has 6 rings (SSSR count). The van der Waals surface area contributed by atoms with Gasteiger partial charge in [0, 0.05) is 51.4 Å². The van der Waals surface area contributed by atoms with E-state index in [1.165, 1.54) is 11.0 Å². The number of aliphatic hydroxyl groups is 1. The van der Waals surface area contributed by atoms with E-state index in [1.807, 2.05) is 52.0 Å². The highest BCUT2D eigenvalue weighted by Crippen LogP contribution is 2.40. The standard InChI is InChI=1S/C51H60F3N7O9S2/c1-32-43(72-31-57-32)34-11-9-33(10-12-34)28-56-45(64)41-26-38(62)29-59(41)46(65)44(49(2,3)4)58-42(63)30-69-24-23-68-20-7-19-67-21-8-22-70-39-17-15-36(16-18-39)61-48(71)60(47(66)50(61,5)6)37-14-13-35(27-55)40(25-37)51(52,53)54/h9-18,25,31,38,41,44,62H,7-8,19-24,26,28-30H2,1-6H3,(H,56,64)(H,58,63)/t38-,41+,44?/m1/s1. The Morgan fingerprint density at radius 1 is 0.944 bits per heavy atom. The van der Waals surface area contributed by atoms with Gasteiger partial charge in [-0.3, -0.25) is 24.1 Å². The van der Waals surface area contributed by atoms with Crippen LogP contribution in [0.2, 0.25) is 0 Å². The normalized spacial score (nSPS) is 17.3. The van der Waals surface area contributed by atoms with Gasteiger partial charge in [0.15, 0.2) is 5.11 Å². The number of β-amino-alcohol motifs (C(OH)–C–C–N with tert-alkyl or cyclic N) is 1. The first kappa shape index (κ1) is 55.3. The van der Waals surface area contributed by atoms with Crippen molar-refractivity contribution in [3.63, 3.8) is 0 Å². The zero-order valence-electron chi connectivity index (χ0n) is 41.0. The number of anilines is 2. The molecule has 2 aliphatic rings. The van der Waals surface area contributed by atoms with E-state index >= 15 is 0 Å². The van der Waals surface area contributed by atoms with Crippen LogP contribution >= 0.6 is 23.6 Å². The molecule has 3 heterocycles. The summed E-state index contributed by atoms with van der Waals surface area (Å²) in [6, 6.07) is 17.3. The molecule has 21 heteroatoms. The molecule has 0 saturated carbocycles. The number of hydrogen-bond donors (Lipinski definition) is 3. The average Bonchev–Trinajstić information content (AvgIpc) is 4.00. The second-order valence-electron chi connectivity index (χ2n) is 18.9. The highest BCUT2D eigenvalue weighted by Gasteiger charge is 2.51. The molecule has 4 amide bonds. The minimum atomic E-state index is -4.80. The third kappa shape index (κ3) is 13.7. The SMILES string of the molecule is Cc1ncsc1-c1ccc(CNC(=O)[C@@H]2C[C@@H](O)CN2C(=O)C(NC(=O)COCCOCCCOCCCOc2ccc(N3C(=S)N(c4ccc(C#N)c(C(F)(F)F)c4)C(=O)C3(C)C)cc2)C(C)(C)C)cc1. The van der Waals surface area contributed by atoms with Crippen LogP contribution in [-0.4, -0.2) is 120 Å². The number of benzene rings is 3. The smallest absolute Gasteiger partial charge is 0.417 e. The van der Waals surface area contributed by atoms with Gasteiger partial charge in [0.05, 0.1) is 64.9 Å². The fraction of sp³-hybridized carbons (Fsp3) is 0.471. The first-order chi connectivity index (χ1) is 34.1. The number of likely N-dealkylation sites (tertiary alicyclic amines) is 1. The summed E-state index contributed by atoms with van der Waals surface area (Å²) in [5.41, 5.74) is 1.44. The maximum Gasteiger partial charge on any atom is 0.417 e. The minimum absolute atomic E-state index is 0.00824. The average molecular weight is 1040 g/mol. The number of amides is 4. The number of nitrogens with zero attached hydrogens (tertiary/aromatic N) is 5. The van der Waals surface area contributed by atoms with Crippen molar-refractivity contribution < 1.29 is 56.4 Å². The van der Waals surface area contributed by atoms with Gasteiger partial charge in [-0.15, -0.1) is 11.3 Å². The van der Waals surface area contributed by atoms with Crippen LogP contribution in [0.4, 0.5) is 24.5 Å². The van der Waals surface area contributed by atoms with Crippen LogP contribution in [0.3, 0.4) is 0 Å². The van der Waals surface area contributed by atoms with Crippen LogP contribution in [0.1, 0.15) is 76.3 Å². The van der Waals surface area contributed by atoms with E-state index in [0.717, 1.165) is 38.7 Å². The maximum atomic E-state index is 13.9. The Morgan fingerprint density at radius 3 is 2.21 bits per heavy atom. The zero-order valence-corrected chi connectivity index (χ0v) is 42.7. The lowest BCUT2D eigenvalue weighted by Crippen LogP contribution is -2.58. The number of aromatic nitrogens is 1. The number of nitriles is 1. The molecule has 2 aliphatic heterocycles. The lowest BCUT2D eigenvalue weighted by Gasteiger charge is -2.35. The molecular formula is C51H60F3N7O9S2. The van der Waals surface area contributed by atoms with Crippen LogP contribution in [0, 0.1) is 23.7 Å². The number of hydrogen-bond acceptors (Lipinski definition) is 13. The predicted octanol–water partition coefficient (Wildman–Crippen LogP) is 6.94. The third-order valence-corrected chi connectivity index (χ3v) is 13.4. The van der Waals surface area contributed by atoms with Crippen LogP contribution < -0.4 is 25.2 Å². The Balaban J connectivity index is 0.836. The lowest BCUT2D eigenvalue weighted by atomic mass is 9.85. The van der Waals surface area contributed by atoms with E-state index in [0.29, 0.717) is 50.7 Å². The number of halogens is 3. The van der Waals surface area contributed by atoms with Gasteiger partial charge in [-0.1, -0.05) is 45.0 Å². The fourth-order valence-electron chi connectivity index (χ4n) is 8.23. The fourth-order valence-corrected chi connectivity index (χ4v) is 9.57. The number of ether oxygens (including phenoxy) is 4. The van der Waals surface area contributed by atoms with Crippen molar-refractivity contribution in [2.45, 2.75) is 97.3 Å². The molecule has 2 saturated heterocycles. The van der Waals surface area contributed by atoms with Crippen molar-refractivity contribution in [1.29, 1.82) is 5.26 Å². The number of nitrogens with one attached hydrogen (secondary N) is 2. The van der Waals surface area contributed by atoms with E-state index in [9.17, 15) is 42.7 Å². The Labute approximate surface area is 426 Å². The summed E-state index contributed by atoms with van der Waals surface area (Å²) in [6.45, 7) is 12.5. The molecule has 2 fully saturated rings. The number of aryl methyl sites for hydroxylation is 1. The molecule has 0 aliphatic carbocycles. The van der Waals surface area contributed by atoms with Gasteiger partial charge >= 0.3 is 6.18 Å². The van der Waals surface area contributed by atoms with E-state index in [-0.39, 0.29) is 50.1 Å². The van der Waals surface area contributed by atoms with Crippen molar-refractivity contribution >= 4 is 63.7 Å². The molecule has 3 atom stereocenters. The molecule has 4 aromatic rings. The van der Waals surface area contributed by atoms with Gasteiger partial charge in [-0.2, -0.15) is 18.4 Å². The topological polar surface area (TPSA) is 196 Å². The molecule has 16 nitrogen and oxygen atoms in total. The summed E-state index contributed by atoms with van der Waals surface area (Å²) in [6.07, 6.45) is -4.40. The summed E-state index contributed by atoms with van der Waals surface area (Å²) >= 11 is 7.17. The Bertz CT molecular complexity index is 2600. The lowest BCUT2D eigenvalue weighted by molar-refractivity contribution is -0.144. The van der Waals surface area contributed by atoms with Crippen molar-refractivity contribution in [2.75, 3.05) is 62.6 Å². The number of thiocarbonyl (C=S) groups is 1. The van der Waals surface area contributed by atoms with Crippen LogP contribution in [0.5, 0.6) is 5.75 Å². The van der Waals surface area contributed by atoms with Gasteiger partial charge in [0.2, 0.25) is 17.7 Å². The molecule has 386 valence electrons. The number of rotatable bonds is 22. The van der Waals surface area contributed by atoms with Gasteiger partial charge in [0.1, 0.15) is 30.0 Å². The van der Waals surface area contributed by atoms with E-state index in [1.54, 1.807) is 65.9 Å². The van der Waals surface area contributed by atoms with E-state index in [4.69, 9.17) is 31.2 Å². The molecule has 0 radical (unpaired) electrons. The first-order valence-corrected chi connectivity index (χ1v) is 24.7. The summed E-state index contributed by atoms with van der Waals surface area (Å²) in [5, 5.41) is 25.4. The van der Waals surface area contributed by atoms with Gasteiger partial charge < -0.3 is 44.5 Å². The van der Waals surface area contributed by atoms with Crippen LogP contribution in [-0.2, 0) is 46.1 Å². The largest absolute Gasteiger partial charge is 0.494 e. The van der Waals surface area contributed by atoms with Crippen molar-refractivity contribution in [3.05, 3.63) is 94.6 Å². The molecule has 1 aromatic heterocycles. The summed E-state index contributed by atoms with van der Waals surface area (Å²) in [5.74, 6) is -1.34. The number of thiazole rings is 1. The quantitative estimate of drug-likeness (QED) is 0.0542. The molecule has 3 aromatic carbocycles. The van der Waals surface area contributed by atoms with Crippen molar-refractivity contribution in [1.82, 2.24) is 20.5 Å². The Hall–Kier alpha value is -6.02. The molecule has 0 bridgehead atoms. The number of carbonyl (C=O) groups is 4. The first-order valence-electron chi connectivity index (χ1n) is 23.4. The van der Waals surface area contributed by atoms with E-state index in [2.05, 4.69) is 15.6 Å². The summed E-state index contributed by atoms with van der Waals surface area (Å²) in [7, 11) is 0. The van der Waals surface area contributed by atoms with E-state index < -0.39 is 70.1 Å². The molecule has 0 spiro atoms. The molecule has 3 N–H and O–H groups in total. The second kappa shape index (κ2) is 24.1. The predicted molar refractivity (Wildman–Crippen MR) is 268 cm³/mol. The monoisotopic (exact) mass is 1040 g/mol. The summed E-state index contributed by atoms with van der Waals surface area (Å²) < 4.78 is 63.8. The maximum absolute atomic E-state index is 13.9. The molecule has 72 heavy (non-hydrogen) atoms. The van der Waals surface area contributed by atoms with Gasteiger partial charge in [0.25, 0.3) is 5.91 Å². The highest BCUT2D eigenvalue weighted by molar-refractivity contribution is 7.81. The van der Waals surface area contributed by atoms with Gasteiger partial charge in [-0.05, 0) is 98.4 Å². The third-order valence-electron chi connectivity index (χ3n) is 12.0. The van der Waals surface area contributed by atoms with Crippen molar-refractivity contribution in [2.24, 2.45) is 5.41 Å². The number of aliphatic hydroxyl groups excluding tert-OH is 1. The van der Waals surface area contributed by atoms with Gasteiger partial charge in [-0.25, -0.2) is 4.98 Å². The number of alkyl halides is 3. The van der Waals surface area contributed by atoms with Crippen LogP contribution in [0.15, 0.2) is 72.2 Å². The molecular weight excluding hydrogens is 976 g/mol. The van der Waals surface area contributed by atoms with Crippen LogP contribution in [0.25, 0.3) is 10.4 Å². The highest BCUT2D eigenvalue weighted by atomic mass is 32.1. The zero-order chi connectivity index (χ0) is 52.4. The molecule has 1 unspecified atom stereocenters. The Morgan fingerprint density at radius 2 is 1.58 bits per heavy atom. The minimum Gasteiger partial charge on any atom is -0.494 e. The number of carbonyl (C=O) groups excluding carboxylic acids is 4.